The molecule has 0 bridgehead atoms. The average Bonchev–Trinajstić information content (AvgIpc) is 2.87. The van der Waals surface area contributed by atoms with Crippen molar-refractivity contribution in [2.24, 2.45) is 5.92 Å². The highest BCUT2D eigenvalue weighted by atomic mass is 32.2. The van der Waals surface area contributed by atoms with E-state index in [0.29, 0.717) is 25.2 Å². The number of aryl methyl sites for hydroxylation is 2. The highest BCUT2D eigenvalue weighted by Gasteiger charge is 2.35. The van der Waals surface area contributed by atoms with Crippen LogP contribution in [-0.2, 0) is 16.6 Å². The second-order valence-electron chi connectivity index (χ2n) is 7.63. The Morgan fingerprint density at radius 2 is 1.93 bits per heavy atom. The van der Waals surface area contributed by atoms with Crippen LogP contribution >= 0.6 is 0 Å². The van der Waals surface area contributed by atoms with Gasteiger partial charge in [-0.15, -0.1) is 0 Å². The van der Waals surface area contributed by atoms with E-state index in [0.717, 1.165) is 22.1 Å². The van der Waals surface area contributed by atoms with Crippen LogP contribution in [0.4, 0.5) is 0 Å². The molecular formula is C19H26N2O5S. The molecule has 0 spiro atoms. The van der Waals surface area contributed by atoms with Gasteiger partial charge in [0, 0.05) is 51.1 Å². The summed E-state index contributed by atoms with van der Waals surface area (Å²) in [5.74, 6) is -0.444. The Balaban J connectivity index is 1.85. The van der Waals surface area contributed by atoms with Gasteiger partial charge in [0.2, 0.25) is 10.0 Å². The van der Waals surface area contributed by atoms with Crippen LogP contribution in [0.1, 0.15) is 16.7 Å². The zero-order valence-electron chi connectivity index (χ0n) is 16.1. The SMILES string of the molecule is Cc1cc(C)c2oc(=O)cc(CN3C[C@@H](CS(=O)(=O)N(C)C)[C@H](O)C3)c2c1. The molecule has 2 atom stereocenters. The Bertz CT molecular complexity index is 1010. The van der Waals surface area contributed by atoms with Crippen molar-refractivity contribution in [2.45, 2.75) is 26.5 Å². The fourth-order valence-corrected chi connectivity index (χ4v) is 4.87. The van der Waals surface area contributed by atoms with E-state index in [4.69, 9.17) is 4.42 Å². The molecule has 148 valence electrons. The Labute approximate surface area is 159 Å². The predicted molar refractivity (Wildman–Crippen MR) is 104 cm³/mol. The maximum Gasteiger partial charge on any atom is 0.336 e. The highest BCUT2D eigenvalue weighted by molar-refractivity contribution is 7.89. The first-order valence-electron chi connectivity index (χ1n) is 8.91. The van der Waals surface area contributed by atoms with Crippen molar-refractivity contribution >= 4 is 21.0 Å². The molecule has 0 unspecified atom stereocenters. The molecule has 0 saturated carbocycles. The number of rotatable bonds is 5. The van der Waals surface area contributed by atoms with Gasteiger partial charge in [-0.2, -0.15) is 0 Å². The van der Waals surface area contributed by atoms with Gasteiger partial charge in [-0.3, -0.25) is 4.90 Å². The fraction of sp³-hybridized carbons (Fsp3) is 0.526. The van der Waals surface area contributed by atoms with Crippen LogP contribution < -0.4 is 5.63 Å². The second-order valence-corrected chi connectivity index (χ2v) is 9.86. The standard InChI is InChI=1S/C19H26N2O5S/c1-12-5-13(2)19-16(6-12)14(7-18(23)26-19)8-21-9-15(17(22)10-21)11-27(24,25)20(3)4/h5-7,15,17,22H,8-11H2,1-4H3/t15-,17+/m0/s1. The zero-order chi connectivity index (χ0) is 19.9. The van der Waals surface area contributed by atoms with Crippen LogP contribution in [0, 0.1) is 19.8 Å². The van der Waals surface area contributed by atoms with Crippen LogP contribution in [0.3, 0.4) is 0 Å². The number of hydrogen-bond acceptors (Lipinski definition) is 6. The molecule has 1 aromatic heterocycles. The molecule has 0 amide bonds. The van der Waals surface area contributed by atoms with E-state index < -0.39 is 21.8 Å². The maximum atomic E-state index is 12.1. The number of aliphatic hydroxyl groups is 1. The summed E-state index contributed by atoms with van der Waals surface area (Å²) in [5, 5.41) is 11.2. The van der Waals surface area contributed by atoms with Gasteiger partial charge in [-0.25, -0.2) is 17.5 Å². The van der Waals surface area contributed by atoms with Gasteiger partial charge in [-0.05, 0) is 36.6 Å². The van der Waals surface area contributed by atoms with Crippen molar-refractivity contribution in [1.29, 1.82) is 0 Å². The van der Waals surface area contributed by atoms with Gasteiger partial charge in [0.05, 0.1) is 11.9 Å². The Kier molecular flexibility index (Phi) is 5.45. The lowest BCUT2D eigenvalue weighted by molar-refractivity contribution is 0.148. The van der Waals surface area contributed by atoms with Crippen LogP contribution in [0.15, 0.2) is 27.4 Å². The average molecular weight is 394 g/mol. The Morgan fingerprint density at radius 3 is 2.59 bits per heavy atom. The third-order valence-corrected chi connectivity index (χ3v) is 7.08. The lowest BCUT2D eigenvalue weighted by atomic mass is 10.0. The molecule has 1 aromatic carbocycles. The van der Waals surface area contributed by atoms with Crippen LogP contribution in [0.5, 0.6) is 0 Å². The zero-order valence-corrected chi connectivity index (χ0v) is 16.9. The quantitative estimate of drug-likeness (QED) is 0.764. The minimum absolute atomic E-state index is 0.0897. The lowest BCUT2D eigenvalue weighted by Gasteiger charge is -2.18. The van der Waals surface area contributed by atoms with Crippen molar-refractivity contribution in [2.75, 3.05) is 32.9 Å². The van der Waals surface area contributed by atoms with Gasteiger partial charge in [0.25, 0.3) is 0 Å². The summed E-state index contributed by atoms with van der Waals surface area (Å²) < 4.78 is 30.8. The summed E-state index contributed by atoms with van der Waals surface area (Å²) in [7, 11) is -0.393. The number of likely N-dealkylation sites (tertiary alicyclic amines) is 1. The summed E-state index contributed by atoms with van der Waals surface area (Å²) in [5.41, 5.74) is 2.98. The van der Waals surface area contributed by atoms with Gasteiger partial charge in [0.15, 0.2) is 0 Å². The number of sulfonamides is 1. The summed E-state index contributed by atoms with van der Waals surface area (Å²) in [4.78, 5) is 14.0. The van der Waals surface area contributed by atoms with E-state index in [1.165, 1.54) is 24.5 Å². The number of nitrogens with zero attached hydrogens (tertiary/aromatic N) is 2. The molecule has 0 radical (unpaired) electrons. The van der Waals surface area contributed by atoms with Crippen molar-refractivity contribution in [3.05, 3.63) is 45.3 Å². The number of aliphatic hydroxyl groups excluding tert-OH is 1. The largest absolute Gasteiger partial charge is 0.422 e. The third kappa shape index (κ3) is 4.24. The predicted octanol–water partition coefficient (Wildman–Crippen LogP) is 1.09. The molecule has 2 aromatic rings. The van der Waals surface area contributed by atoms with Crippen LogP contribution in [0.25, 0.3) is 11.0 Å². The van der Waals surface area contributed by atoms with Crippen molar-refractivity contribution in [3.63, 3.8) is 0 Å². The third-order valence-electron chi connectivity index (χ3n) is 5.12. The summed E-state index contributed by atoms with van der Waals surface area (Å²) >= 11 is 0. The first kappa shape index (κ1) is 20.0. The van der Waals surface area contributed by atoms with E-state index in [2.05, 4.69) is 0 Å². The molecular weight excluding hydrogens is 368 g/mol. The normalized spacial score (nSPS) is 21.4. The molecule has 3 rings (SSSR count). The lowest BCUT2D eigenvalue weighted by Crippen LogP contribution is -2.33. The van der Waals surface area contributed by atoms with Crippen molar-refractivity contribution in [3.8, 4) is 0 Å². The molecule has 1 N–H and O–H groups in total. The van der Waals surface area contributed by atoms with Gasteiger partial charge < -0.3 is 9.52 Å². The van der Waals surface area contributed by atoms with Gasteiger partial charge in [0.1, 0.15) is 5.58 Å². The van der Waals surface area contributed by atoms with E-state index in [9.17, 15) is 18.3 Å². The molecule has 27 heavy (non-hydrogen) atoms. The molecule has 1 aliphatic rings. The van der Waals surface area contributed by atoms with E-state index in [1.807, 2.05) is 30.9 Å². The minimum Gasteiger partial charge on any atom is -0.422 e. The summed E-state index contributed by atoms with van der Waals surface area (Å²) in [6.45, 7) is 5.19. The first-order chi connectivity index (χ1) is 12.6. The minimum atomic E-state index is -3.38. The molecule has 1 saturated heterocycles. The Morgan fingerprint density at radius 1 is 1.22 bits per heavy atom. The van der Waals surface area contributed by atoms with Crippen molar-refractivity contribution in [1.82, 2.24) is 9.21 Å². The molecule has 8 heteroatoms. The van der Waals surface area contributed by atoms with Gasteiger partial charge >= 0.3 is 5.63 Å². The molecule has 2 heterocycles. The van der Waals surface area contributed by atoms with E-state index in [-0.39, 0.29) is 11.7 Å². The molecule has 0 aliphatic carbocycles. The van der Waals surface area contributed by atoms with Crippen molar-refractivity contribution < 1.29 is 17.9 Å². The van der Waals surface area contributed by atoms with Gasteiger partial charge in [-0.1, -0.05) is 6.07 Å². The van der Waals surface area contributed by atoms with E-state index in [1.54, 1.807) is 0 Å². The molecule has 1 fully saturated rings. The maximum absolute atomic E-state index is 12.1. The topological polar surface area (TPSA) is 91.1 Å². The first-order valence-corrected chi connectivity index (χ1v) is 10.5. The number of fused-ring (bicyclic) bond motifs is 1. The number of hydrogen-bond donors (Lipinski definition) is 1. The second kappa shape index (κ2) is 7.35. The Hall–Kier alpha value is -1.74. The van der Waals surface area contributed by atoms with Crippen LogP contribution in [-0.4, -0.2) is 61.8 Å². The van der Waals surface area contributed by atoms with Crippen LogP contribution in [0.2, 0.25) is 0 Å². The number of benzene rings is 1. The summed E-state index contributed by atoms with van der Waals surface area (Å²) in [6, 6.07) is 5.44. The highest BCUT2D eigenvalue weighted by Crippen LogP contribution is 2.26. The monoisotopic (exact) mass is 394 g/mol. The fourth-order valence-electron chi connectivity index (χ4n) is 3.70. The summed E-state index contributed by atoms with van der Waals surface area (Å²) in [6.07, 6.45) is -0.713. The molecule has 7 nitrogen and oxygen atoms in total. The molecule has 1 aliphatic heterocycles. The van der Waals surface area contributed by atoms with E-state index >= 15 is 0 Å². The number of β-amino-alcohol motifs (C(OH)–C–C–N with tert-alkyl or cyclic N) is 1. The smallest absolute Gasteiger partial charge is 0.336 e.